The zero-order valence-corrected chi connectivity index (χ0v) is 8.43. The van der Waals surface area contributed by atoms with Gasteiger partial charge in [0.25, 0.3) is 0 Å². The molecule has 0 rings (SSSR count). The van der Waals surface area contributed by atoms with E-state index < -0.39 is 6.09 Å². The molecule has 0 aliphatic carbocycles. The van der Waals surface area contributed by atoms with Crippen molar-refractivity contribution in [2.75, 3.05) is 0 Å². The van der Waals surface area contributed by atoms with Gasteiger partial charge >= 0.3 is 42.1 Å². The summed E-state index contributed by atoms with van der Waals surface area (Å²) >= 11 is 6.78. The van der Waals surface area contributed by atoms with Crippen LogP contribution in [0.3, 0.4) is 0 Å². The number of carbonyl (C=O) groups is 2. The quantitative estimate of drug-likeness (QED) is 0.200. The Bertz CT molecular complexity index is 113. The monoisotopic (exact) mass is 177 g/mol. The summed E-state index contributed by atoms with van der Waals surface area (Å²) in [6.07, 6.45) is -0.924. The molecule has 0 aromatic rings. The van der Waals surface area contributed by atoms with Crippen molar-refractivity contribution < 1.29 is 45.3 Å². The molecule has 0 fully saturated rings. The predicted octanol–water partition coefficient (Wildman–Crippen LogP) is -2.61. The van der Waals surface area contributed by atoms with E-state index >= 15 is 0 Å². The Morgan fingerprint density at radius 2 is 2.11 bits per heavy atom. The number of nitrogens with zero attached hydrogens (tertiary/aromatic N) is 1. The number of ether oxygens (including phenoxy) is 1. The summed E-state index contributed by atoms with van der Waals surface area (Å²) in [7, 11) is 0. The van der Waals surface area contributed by atoms with Crippen molar-refractivity contribution >= 4 is 38.2 Å². The van der Waals surface area contributed by atoms with Gasteiger partial charge in [0.15, 0.2) is 0 Å². The van der Waals surface area contributed by atoms with E-state index in [9.17, 15) is 9.59 Å². The van der Waals surface area contributed by atoms with Crippen molar-refractivity contribution in [3.63, 3.8) is 0 Å². The van der Waals surface area contributed by atoms with Gasteiger partial charge in [0.1, 0.15) is 0 Å². The fraction of sp³-hybridized carbons (Fsp3) is 0. The molecule has 0 saturated carbocycles. The average molecular weight is 177 g/mol. The van der Waals surface area contributed by atoms with Crippen molar-refractivity contribution in [2.45, 2.75) is 0 Å². The van der Waals surface area contributed by atoms with Gasteiger partial charge < -0.3 is 6.16 Å². The Kier molecular flexibility index (Phi) is 9.25. The molecular weight excluding hydrogens is 173 g/mol. The molecule has 7 heteroatoms. The molecule has 0 aliphatic heterocycles. The third-order valence-corrected chi connectivity index (χ3v) is 0.639. The Balaban J connectivity index is -0.000000245. The van der Waals surface area contributed by atoms with E-state index in [0.29, 0.717) is 3.71 Å². The molecule has 0 spiro atoms. The van der Waals surface area contributed by atoms with E-state index in [1.54, 1.807) is 0 Å². The second-order valence-corrected chi connectivity index (χ2v) is 1.88. The standard InChI is InChI=1S/C2H3NO3S2.Na.H/c4-1-6-2(5)3(7)8;;/h1,7-8H;;/q;+1;-1. The molecule has 0 aromatic carbocycles. The number of thiol groups is 2. The fourth-order valence-electron chi connectivity index (χ4n) is 0.0883. The molecule has 0 bridgehead atoms. The molecule has 0 N–H and O–H groups in total. The third kappa shape index (κ3) is 6.53. The minimum atomic E-state index is -0.924. The molecule has 48 valence electrons. The number of rotatable bonds is 1. The van der Waals surface area contributed by atoms with Crippen LogP contribution >= 0.6 is 25.6 Å². The maximum absolute atomic E-state index is 10.1. The first-order valence-electron chi connectivity index (χ1n) is 1.50. The first kappa shape index (κ1) is 12.3. The normalized spacial score (nSPS) is 6.89. The van der Waals surface area contributed by atoms with Crippen LogP contribution in [-0.4, -0.2) is 16.3 Å². The molecule has 1 amide bonds. The van der Waals surface area contributed by atoms with E-state index in [-0.39, 0.29) is 37.5 Å². The summed E-state index contributed by atoms with van der Waals surface area (Å²) in [6.45, 7) is 0.00176. The third-order valence-electron chi connectivity index (χ3n) is 0.312. The van der Waals surface area contributed by atoms with E-state index in [1.165, 1.54) is 0 Å². The fourth-order valence-corrected chi connectivity index (χ4v) is 0.183. The summed E-state index contributed by atoms with van der Waals surface area (Å²) in [5, 5.41) is 0. The largest absolute Gasteiger partial charge is 1.00 e. The van der Waals surface area contributed by atoms with Crippen LogP contribution in [0, 0.1) is 0 Å². The van der Waals surface area contributed by atoms with Crippen LogP contribution in [0.4, 0.5) is 4.79 Å². The van der Waals surface area contributed by atoms with Crippen LogP contribution in [0.15, 0.2) is 0 Å². The first-order chi connectivity index (χ1) is 3.68. The van der Waals surface area contributed by atoms with Gasteiger partial charge in [0, 0.05) is 0 Å². The summed E-state index contributed by atoms with van der Waals surface area (Å²) in [5.41, 5.74) is 0. The molecule has 0 unspecified atom stereocenters. The molecule has 0 heterocycles. The zero-order chi connectivity index (χ0) is 6.57. The van der Waals surface area contributed by atoms with Crippen LogP contribution in [0.1, 0.15) is 1.43 Å². The molecule has 9 heavy (non-hydrogen) atoms. The molecule has 0 saturated heterocycles. The van der Waals surface area contributed by atoms with Crippen molar-refractivity contribution in [2.24, 2.45) is 0 Å². The van der Waals surface area contributed by atoms with Gasteiger partial charge in [-0.3, -0.25) is 4.79 Å². The SMILES string of the molecule is O=COC(=O)N(S)S.[H-].[Na+]. The molecule has 0 atom stereocenters. The van der Waals surface area contributed by atoms with Gasteiger partial charge in [-0.25, -0.2) is 4.79 Å². The summed E-state index contributed by atoms with van der Waals surface area (Å²) in [5.74, 6) is 0. The van der Waals surface area contributed by atoms with Gasteiger partial charge in [0.2, 0.25) is 0 Å². The number of hydrogen-bond donors (Lipinski definition) is 2. The van der Waals surface area contributed by atoms with E-state index in [2.05, 4.69) is 30.4 Å². The minimum absolute atomic E-state index is 0. The number of amides is 1. The average Bonchev–Trinajstić information content (AvgIpc) is 1.67. The second-order valence-electron chi connectivity index (χ2n) is 0.769. The topological polar surface area (TPSA) is 46.6 Å². The van der Waals surface area contributed by atoms with Crippen LogP contribution in [0.5, 0.6) is 0 Å². The molecular formula is C2H4NNaO3S2. The number of hydrogen-bond acceptors (Lipinski definition) is 5. The van der Waals surface area contributed by atoms with Crippen molar-refractivity contribution in [1.82, 2.24) is 3.71 Å². The molecule has 0 aliphatic rings. The van der Waals surface area contributed by atoms with Gasteiger partial charge in [-0.2, -0.15) is 3.71 Å². The minimum Gasteiger partial charge on any atom is -1.00 e. The van der Waals surface area contributed by atoms with Crippen molar-refractivity contribution in [1.29, 1.82) is 0 Å². The van der Waals surface area contributed by atoms with Gasteiger partial charge in [-0.15, -0.1) is 0 Å². The van der Waals surface area contributed by atoms with E-state index in [4.69, 9.17) is 0 Å². The Morgan fingerprint density at radius 1 is 1.67 bits per heavy atom. The van der Waals surface area contributed by atoms with Crippen molar-refractivity contribution in [3.05, 3.63) is 0 Å². The summed E-state index contributed by atoms with van der Waals surface area (Å²) in [6, 6.07) is 0. The van der Waals surface area contributed by atoms with Crippen LogP contribution in [-0.2, 0) is 9.53 Å². The van der Waals surface area contributed by atoms with Gasteiger partial charge in [-0.05, 0) is 25.6 Å². The Labute approximate surface area is 86.8 Å². The molecule has 4 nitrogen and oxygen atoms in total. The second kappa shape index (κ2) is 6.76. The predicted molar refractivity (Wildman–Crippen MR) is 33.5 cm³/mol. The van der Waals surface area contributed by atoms with Crippen LogP contribution in [0.25, 0.3) is 0 Å². The maximum atomic E-state index is 10.1. The van der Waals surface area contributed by atoms with E-state index in [1.807, 2.05) is 0 Å². The number of carbonyl (C=O) groups excluding carboxylic acids is 2. The van der Waals surface area contributed by atoms with Gasteiger partial charge in [-0.1, -0.05) is 0 Å². The Morgan fingerprint density at radius 3 is 2.22 bits per heavy atom. The molecule has 0 radical (unpaired) electrons. The van der Waals surface area contributed by atoms with Crippen molar-refractivity contribution in [3.8, 4) is 0 Å². The smallest absolute Gasteiger partial charge is 1.00 e. The summed E-state index contributed by atoms with van der Waals surface area (Å²) in [4.78, 5) is 19.4. The maximum Gasteiger partial charge on any atom is 1.00 e. The van der Waals surface area contributed by atoms with E-state index in [0.717, 1.165) is 0 Å². The first-order valence-corrected chi connectivity index (χ1v) is 2.30. The van der Waals surface area contributed by atoms with Crippen LogP contribution in [0.2, 0.25) is 0 Å². The van der Waals surface area contributed by atoms with Gasteiger partial charge in [0.05, 0.1) is 0 Å². The molecule has 0 aromatic heterocycles. The summed E-state index contributed by atoms with van der Waals surface area (Å²) < 4.78 is 4.31. The Hall–Kier alpha value is 0.640. The van der Waals surface area contributed by atoms with Crippen LogP contribution < -0.4 is 29.6 Å². The zero-order valence-electron chi connectivity index (χ0n) is 5.64.